The molecule has 1 fully saturated rings. The number of nitro benzene ring substituents is 1. The molecule has 3 rings (SSSR count). The van der Waals surface area contributed by atoms with Crippen molar-refractivity contribution in [1.29, 1.82) is 0 Å². The summed E-state index contributed by atoms with van der Waals surface area (Å²) in [6.07, 6.45) is 3.25. The quantitative estimate of drug-likeness (QED) is 0.562. The van der Waals surface area contributed by atoms with Crippen LogP contribution in [0.15, 0.2) is 41.6 Å². The Bertz CT molecular complexity index is 954. The van der Waals surface area contributed by atoms with Crippen LogP contribution in [-0.2, 0) is 17.1 Å². The number of non-ortho nitro benzene ring substituents is 1. The third kappa shape index (κ3) is 3.98. The minimum Gasteiger partial charge on any atom is -0.337 e. The topological polar surface area (TPSA) is 119 Å². The molecule has 1 aromatic carbocycles. The molecule has 2 aromatic rings. The molecule has 0 atom stereocenters. The van der Waals surface area contributed by atoms with Gasteiger partial charge in [-0.1, -0.05) is 0 Å². The summed E-state index contributed by atoms with van der Waals surface area (Å²) in [7, 11) is -2.01. The van der Waals surface area contributed by atoms with Gasteiger partial charge in [0.25, 0.3) is 11.6 Å². The highest BCUT2D eigenvalue weighted by Crippen LogP contribution is 2.19. The van der Waals surface area contributed by atoms with Gasteiger partial charge in [-0.2, -0.15) is 9.40 Å². The van der Waals surface area contributed by atoms with Crippen molar-refractivity contribution < 1.29 is 18.1 Å². The van der Waals surface area contributed by atoms with Crippen molar-refractivity contribution in [3.63, 3.8) is 0 Å². The first-order chi connectivity index (χ1) is 12.8. The maximum absolute atomic E-state index is 12.7. The van der Waals surface area contributed by atoms with Crippen LogP contribution in [0.2, 0.25) is 0 Å². The van der Waals surface area contributed by atoms with Crippen LogP contribution in [-0.4, -0.2) is 64.4 Å². The second-order valence-electron chi connectivity index (χ2n) is 6.20. The minimum absolute atomic E-state index is 0.0869. The molecular formula is C16H19N5O5S. The third-order valence-corrected chi connectivity index (χ3v) is 6.24. The summed E-state index contributed by atoms with van der Waals surface area (Å²) in [4.78, 5) is 24.5. The first-order valence-corrected chi connectivity index (χ1v) is 9.75. The van der Waals surface area contributed by atoms with Crippen LogP contribution in [0, 0.1) is 10.1 Å². The van der Waals surface area contributed by atoms with E-state index in [4.69, 9.17) is 0 Å². The summed E-state index contributed by atoms with van der Waals surface area (Å²) in [5, 5.41) is 14.6. The van der Waals surface area contributed by atoms with Gasteiger partial charge >= 0.3 is 0 Å². The van der Waals surface area contributed by atoms with E-state index in [1.807, 2.05) is 0 Å². The number of aryl methyl sites for hydroxylation is 1. The Morgan fingerprint density at radius 2 is 1.85 bits per heavy atom. The van der Waals surface area contributed by atoms with Crippen molar-refractivity contribution in [2.45, 2.75) is 11.3 Å². The van der Waals surface area contributed by atoms with E-state index in [0.717, 1.165) is 0 Å². The lowest BCUT2D eigenvalue weighted by Gasteiger charge is -2.21. The van der Waals surface area contributed by atoms with Crippen molar-refractivity contribution in [3.8, 4) is 0 Å². The highest BCUT2D eigenvalue weighted by atomic mass is 32.2. The molecule has 0 saturated carbocycles. The van der Waals surface area contributed by atoms with Crippen molar-refractivity contribution in [2.24, 2.45) is 7.05 Å². The summed E-state index contributed by atoms with van der Waals surface area (Å²) in [6, 6.07) is 5.39. The van der Waals surface area contributed by atoms with Gasteiger partial charge < -0.3 is 4.90 Å². The zero-order valence-corrected chi connectivity index (χ0v) is 15.5. The van der Waals surface area contributed by atoms with Crippen molar-refractivity contribution >= 4 is 21.6 Å². The fourth-order valence-electron chi connectivity index (χ4n) is 2.93. The second kappa shape index (κ2) is 7.45. The van der Waals surface area contributed by atoms with Crippen molar-refractivity contribution in [2.75, 3.05) is 26.2 Å². The molecular weight excluding hydrogens is 374 g/mol. The highest BCUT2D eigenvalue weighted by Gasteiger charge is 2.29. The van der Waals surface area contributed by atoms with Crippen LogP contribution in [0.4, 0.5) is 5.69 Å². The Hall–Kier alpha value is -2.79. The largest absolute Gasteiger partial charge is 0.337 e. The fourth-order valence-corrected chi connectivity index (χ4v) is 4.38. The Morgan fingerprint density at radius 1 is 1.15 bits per heavy atom. The third-order valence-electron chi connectivity index (χ3n) is 4.39. The summed E-state index contributed by atoms with van der Waals surface area (Å²) >= 11 is 0. The molecule has 0 aliphatic carbocycles. The summed E-state index contributed by atoms with van der Waals surface area (Å²) in [5.41, 5.74) is 0.250. The Morgan fingerprint density at radius 3 is 2.44 bits per heavy atom. The lowest BCUT2D eigenvalue weighted by molar-refractivity contribution is -0.384. The van der Waals surface area contributed by atoms with E-state index in [9.17, 15) is 23.3 Å². The molecule has 1 aliphatic heterocycles. The average Bonchev–Trinajstić information content (AvgIpc) is 2.94. The molecule has 0 radical (unpaired) electrons. The summed E-state index contributed by atoms with van der Waals surface area (Å²) in [6.45, 7) is 1.14. The van der Waals surface area contributed by atoms with E-state index < -0.39 is 14.9 Å². The number of carbonyl (C=O) groups is 1. The monoisotopic (exact) mass is 393 g/mol. The van der Waals surface area contributed by atoms with Gasteiger partial charge in [-0.05, 0) is 18.6 Å². The number of rotatable bonds is 4. The lowest BCUT2D eigenvalue weighted by Crippen LogP contribution is -2.37. The van der Waals surface area contributed by atoms with Gasteiger partial charge in [0.2, 0.25) is 10.0 Å². The number of sulfonamides is 1. The molecule has 1 saturated heterocycles. The van der Waals surface area contributed by atoms with Crippen LogP contribution < -0.4 is 0 Å². The number of amides is 1. The molecule has 0 unspecified atom stereocenters. The normalized spacial score (nSPS) is 16.1. The number of nitro groups is 1. The minimum atomic E-state index is -3.66. The van der Waals surface area contributed by atoms with Crippen LogP contribution in [0.1, 0.15) is 16.8 Å². The molecule has 0 bridgehead atoms. The lowest BCUT2D eigenvalue weighted by atomic mass is 10.2. The molecule has 11 heteroatoms. The number of aromatic nitrogens is 2. The van der Waals surface area contributed by atoms with E-state index >= 15 is 0 Å². The van der Waals surface area contributed by atoms with Crippen LogP contribution in [0.25, 0.3) is 0 Å². The van der Waals surface area contributed by atoms with Gasteiger partial charge in [0.1, 0.15) is 4.90 Å². The molecule has 0 spiro atoms. The molecule has 1 aromatic heterocycles. The molecule has 10 nitrogen and oxygen atoms in total. The maximum Gasteiger partial charge on any atom is 0.269 e. The van der Waals surface area contributed by atoms with Gasteiger partial charge in [-0.25, -0.2) is 8.42 Å². The molecule has 0 N–H and O–H groups in total. The molecule has 1 amide bonds. The number of hydrogen-bond acceptors (Lipinski definition) is 6. The zero-order chi connectivity index (χ0) is 19.6. The van der Waals surface area contributed by atoms with E-state index in [2.05, 4.69) is 5.10 Å². The highest BCUT2D eigenvalue weighted by molar-refractivity contribution is 7.89. The predicted molar refractivity (Wildman–Crippen MR) is 95.6 cm³/mol. The Labute approximate surface area is 156 Å². The maximum atomic E-state index is 12.7. The van der Waals surface area contributed by atoms with Crippen LogP contribution in [0.3, 0.4) is 0 Å². The summed E-state index contributed by atoms with van der Waals surface area (Å²) < 4.78 is 28.2. The zero-order valence-electron chi connectivity index (χ0n) is 14.7. The summed E-state index contributed by atoms with van der Waals surface area (Å²) in [5.74, 6) is -0.273. The van der Waals surface area contributed by atoms with E-state index in [1.54, 1.807) is 11.9 Å². The first kappa shape index (κ1) is 19.0. The van der Waals surface area contributed by atoms with E-state index in [-0.39, 0.29) is 29.6 Å². The van der Waals surface area contributed by atoms with Crippen molar-refractivity contribution in [3.05, 3.63) is 52.3 Å². The number of nitrogens with zero attached hydrogens (tertiary/aromatic N) is 5. The average molecular weight is 393 g/mol. The van der Waals surface area contributed by atoms with Gasteiger partial charge in [0, 0.05) is 57.1 Å². The second-order valence-corrected chi connectivity index (χ2v) is 8.14. The van der Waals surface area contributed by atoms with Gasteiger partial charge in [-0.15, -0.1) is 0 Å². The van der Waals surface area contributed by atoms with Crippen LogP contribution in [0.5, 0.6) is 0 Å². The van der Waals surface area contributed by atoms with Crippen molar-refractivity contribution in [1.82, 2.24) is 19.0 Å². The molecule has 27 heavy (non-hydrogen) atoms. The first-order valence-electron chi connectivity index (χ1n) is 8.31. The predicted octanol–water partition coefficient (Wildman–Crippen LogP) is 0.865. The molecule has 1 aliphatic rings. The van der Waals surface area contributed by atoms with Gasteiger partial charge in [0.05, 0.1) is 11.1 Å². The smallest absolute Gasteiger partial charge is 0.269 e. The number of hydrogen-bond donors (Lipinski definition) is 0. The van der Waals surface area contributed by atoms with Gasteiger partial charge in [0.15, 0.2) is 0 Å². The standard InChI is InChI=1S/C16H19N5O5S/c1-18-12-15(11-17-18)27(25,26)20-8-2-7-19(9-10-20)16(22)13-3-5-14(6-4-13)21(23)24/h3-6,11-12H,2,7-10H2,1H3. The Balaban J connectivity index is 1.71. The number of benzene rings is 1. The Kier molecular flexibility index (Phi) is 5.24. The number of carbonyl (C=O) groups excluding carboxylic acids is 1. The molecule has 144 valence electrons. The van der Waals surface area contributed by atoms with E-state index in [1.165, 1.54) is 45.6 Å². The molecule has 2 heterocycles. The van der Waals surface area contributed by atoms with E-state index in [0.29, 0.717) is 25.1 Å². The van der Waals surface area contributed by atoms with Gasteiger partial charge in [-0.3, -0.25) is 19.6 Å². The van der Waals surface area contributed by atoms with Crippen LogP contribution >= 0.6 is 0 Å². The SMILES string of the molecule is Cn1cc(S(=O)(=O)N2CCCN(C(=O)c3ccc([N+](=O)[O-])cc3)CC2)cn1. The fraction of sp³-hybridized carbons (Fsp3) is 0.375.